The molecule has 0 saturated carbocycles. The summed E-state index contributed by atoms with van der Waals surface area (Å²) in [5, 5.41) is 2.17. The molecule has 1 heterocycles. The van der Waals surface area contributed by atoms with Gasteiger partial charge >= 0.3 is 18.1 Å². The zero-order chi connectivity index (χ0) is 18.4. The topological polar surface area (TPSA) is 132 Å². The fraction of sp³-hybridized carbons (Fsp3) is 0.231. The minimum atomic E-state index is -4.13. The molecule has 2 N–H and O–H groups in total. The van der Waals surface area contributed by atoms with Crippen LogP contribution in [0, 0.1) is 0 Å². The summed E-state index contributed by atoms with van der Waals surface area (Å²) in [5.41, 5.74) is 0.355. The molecule has 0 atom stereocenters. The molecule has 2 aromatic rings. The lowest BCUT2D eigenvalue weighted by atomic mass is 10.2. The molecule has 134 valence electrons. The van der Waals surface area contributed by atoms with Gasteiger partial charge in [0.2, 0.25) is 5.95 Å². The van der Waals surface area contributed by atoms with Gasteiger partial charge in [-0.15, -0.1) is 16.6 Å². The minimum Gasteiger partial charge on any atom is -0.467 e. The molecule has 0 unspecified atom stereocenters. The van der Waals surface area contributed by atoms with E-state index < -0.39 is 16.1 Å². The number of amides is 2. The van der Waals surface area contributed by atoms with E-state index in [9.17, 15) is 13.2 Å². The highest BCUT2D eigenvalue weighted by Gasteiger charge is 2.21. The van der Waals surface area contributed by atoms with E-state index >= 15 is 0 Å². The highest BCUT2D eigenvalue weighted by molar-refractivity contribution is 7.90. The number of rotatable bonds is 6. The number of nitrogens with zero attached hydrogens (tertiary/aromatic N) is 3. The molecule has 0 saturated heterocycles. The maximum atomic E-state index is 12.3. The Morgan fingerprint density at radius 2 is 1.72 bits per heavy atom. The van der Waals surface area contributed by atoms with Crippen molar-refractivity contribution in [1.29, 1.82) is 0 Å². The van der Waals surface area contributed by atoms with E-state index in [0.29, 0.717) is 5.56 Å². The van der Waals surface area contributed by atoms with Crippen LogP contribution in [0.4, 0.5) is 10.7 Å². The Morgan fingerprint density at radius 1 is 1.12 bits per heavy atom. The van der Waals surface area contributed by atoms with E-state index in [0.717, 1.165) is 0 Å². The van der Waals surface area contributed by atoms with Gasteiger partial charge in [0.25, 0.3) is 10.0 Å². The van der Waals surface area contributed by atoms with Crippen molar-refractivity contribution in [3.8, 4) is 12.0 Å². The Labute approximate surface area is 148 Å². The molecule has 2 amide bonds. The average molecular weight is 388 g/mol. The number of hydrogen-bond acceptors (Lipinski definition) is 8. The molecule has 1 aromatic heterocycles. The van der Waals surface area contributed by atoms with E-state index in [-0.39, 0.29) is 28.7 Å². The summed E-state index contributed by atoms with van der Waals surface area (Å²) in [6, 6.07) is 4.74. The van der Waals surface area contributed by atoms with Crippen LogP contribution in [0.1, 0.15) is 5.56 Å². The largest absolute Gasteiger partial charge is 0.467 e. The van der Waals surface area contributed by atoms with E-state index in [4.69, 9.17) is 21.1 Å². The number of alkyl halides is 1. The third-order valence-electron chi connectivity index (χ3n) is 2.82. The second-order valence-corrected chi connectivity index (χ2v) is 6.35. The summed E-state index contributed by atoms with van der Waals surface area (Å²) in [6.45, 7) is 0. The highest BCUT2D eigenvalue weighted by Crippen LogP contribution is 2.17. The summed E-state index contributed by atoms with van der Waals surface area (Å²) in [6.07, 6.45) is 0. The molecule has 0 aliphatic carbocycles. The Bertz CT molecular complexity index is 855. The van der Waals surface area contributed by atoms with Gasteiger partial charge in [0.05, 0.1) is 19.1 Å². The number of anilines is 1. The average Bonchev–Trinajstić information content (AvgIpc) is 2.60. The number of hydrogen-bond donors (Lipinski definition) is 2. The predicted octanol–water partition coefficient (Wildman–Crippen LogP) is 1.14. The minimum absolute atomic E-state index is 0.0272. The maximum Gasteiger partial charge on any atom is 0.335 e. The summed E-state index contributed by atoms with van der Waals surface area (Å²) in [7, 11) is -1.51. The van der Waals surface area contributed by atoms with Crippen LogP contribution >= 0.6 is 11.6 Å². The lowest BCUT2D eigenvalue weighted by Gasteiger charge is -2.10. The van der Waals surface area contributed by atoms with Crippen LogP contribution < -0.4 is 19.5 Å². The number of sulfonamides is 1. The van der Waals surface area contributed by atoms with Crippen LogP contribution in [0.15, 0.2) is 29.2 Å². The normalized spacial score (nSPS) is 10.8. The first-order chi connectivity index (χ1) is 11.9. The van der Waals surface area contributed by atoms with Gasteiger partial charge in [-0.2, -0.15) is 9.97 Å². The fourth-order valence-corrected chi connectivity index (χ4v) is 3.22. The van der Waals surface area contributed by atoms with Crippen molar-refractivity contribution < 1.29 is 22.7 Å². The van der Waals surface area contributed by atoms with Crippen LogP contribution in [0.3, 0.4) is 0 Å². The molecule has 1 aromatic carbocycles. The molecular weight excluding hydrogens is 374 g/mol. The predicted molar refractivity (Wildman–Crippen MR) is 88.3 cm³/mol. The summed E-state index contributed by atoms with van der Waals surface area (Å²) in [4.78, 5) is 23.2. The van der Waals surface area contributed by atoms with Crippen molar-refractivity contribution in [2.45, 2.75) is 10.8 Å². The van der Waals surface area contributed by atoms with Crippen LogP contribution in [0.2, 0.25) is 0 Å². The number of methoxy groups -OCH3 is 2. The summed E-state index contributed by atoms with van der Waals surface area (Å²) in [5.74, 6) is -0.275. The third-order valence-corrected chi connectivity index (χ3v) is 4.54. The number of benzene rings is 1. The van der Waals surface area contributed by atoms with E-state index in [1.54, 1.807) is 12.1 Å². The highest BCUT2D eigenvalue weighted by atomic mass is 35.5. The van der Waals surface area contributed by atoms with Crippen molar-refractivity contribution in [3.63, 3.8) is 0 Å². The Kier molecular flexibility index (Phi) is 5.93. The van der Waals surface area contributed by atoms with Gasteiger partial charge in [0.15, 0.2) is 0 Å². The first-order valence-corrected chi connectivity index (χ1v) is 8.73. The van der Waals surface area contributed by atoms with Crippen LogP contribution in [-0.4, -0.2) is 43.6 Å². The van der Waals surface area contributed by atoms with Gasteiger partial charge in [0.1, 0.15) is 0 Å². The van der Waals surface area contributed by atoms with Gasteiger partial charge in [-0.25, -0.2) is 17.9 Å². The van der Waals surface area contributed by atoms with Gasteiger partial charge in [-0.05, 0) is 11.6 Å². The Morgan fingerprint density at radius 3 is 2.28 bits per heavy atom. The molecule has 0 fully saturated rings. The lowest BCUT2D eigenvalue weighted by molar-refractivity contribution is 0.256. The number of urea groups is 1. The first-order valence-electron chi connectivity index (χ1n) is 6.71. The SMILES string of the molecule is COc1nc(NC(=O)NS(=O)(=O)c2ccccc2CCl)nc(OC)n1. The Balaban J connectivity index is 2.19. The van der Waals surface area contributed by atoms with Crippen molar-refractivity contribution in [2.75, 3.05) is 19.5 Å². The van der Waals surface area contributed by atoms with E-state index in [2.05, 4.69) is 20.3 Å². The second-order valence-electron chi connectivity index (χ2n) is 4.43. The monoisotopic (exact) mass is 387 g/mol. The molecule has 0 aliphatic rings. The molecular formula is C13H14ClN5O5S. The molecule has 12 heteroatoms. The van der Waals surface area contributed by atoms with Crippen molar-refractivity contribution >= 4 is 33.6 Å². The van der Waals surface area contributed by atoms with Crippen LogP contribution in [0.25, 0.3) is 0 Å². The van der Waals surface area contributed by atoms with Gasteiger partial charge < -0.3 is 9.47 Å². The van der Waals surface area contributed by atoms with Gasteiger partial charge in [-0.3, -0.25) is 5.32 Å². The van der Waals surface area contributed by atoms with E-state index in [1.165, 1.54) is 26.4 Å². The quantitative estimate of drug-likeness (QED) is 0.705. The van der Waals surface area contributed by atoms with Gasteiger partial charge in [0, 0.05) is 5.88 Å². The molecule has 2 rings (SSSR count). The molecule has 0 radical (unpaired) electrons. The van der Waals surface area contributed by atoms with Crippen molar-refractivity contribution in [2.24, 2.45) is 0 Å². The Hall–Kier alpha value is -2.66. The molecule has 0 bridgehead atoms. The smallest absolute Gasteiger partial charge is 0.335 e. The summed E-state index contributed by atoms with van der Waals surface area (Å²) < 4.78 is 36.2. The number of carbonyl (C=O) groups excluding carboxylic acids is 1. The van der Waals surface area contributed by atoms with Gasteiger partial charge in [-0.1, -0.05) is 18.2 Å². The number of ether oxygens (including phenoxy) is 2. The zero-order valence-electron chi connectivity index (χ0n) is 13.2. The molecule has 0 aliphatic heterocycles. The number of nitrogens with one attached hydrogen (secondary N) is 2. The fourth-order valence-electron chi connectivity index (χ4n) is 1.76. The number of carbonyl (C=O) groups is 1. The third kappa shape index (κ3) is 4.67. The second kappa shape index (κ2) is 7.94. The number of halogens is 1. The number of aromatic nitrogens is 3. The maximum absolute atomic E-state index is 12.3. The standard InChI is InChI=1S/C13H14ClN5O5S/c1-23-12-16-10(17-13(18-12)24-2)15-11(20)19-25(21,22)9-6-4-3-5-8(9)7-14/h3-6H,7H2,1-2H3,(H2,15,16,17,18,19,20). The molecule has 10 nitrogen and oxygen atoms in total. The van der Waals surface area contributed by atoms with Crippen LogP contribution in [-0.2, 0) is 15.9 Å². The summed E-state index contributed by atoms with van der Waals surface area (Å²) >= 11 is 5.72. The first kappa shape index (κ1) is 18.7. The van der Waals surface area contributed by atoms with Crippen molar-refractivity contribution in [3.05, 3.63) is 29.8 Å². The van der Waals surface area contributed by atoms with E-state index in [1.807, 2.05) is 4.72 Å². The molecule has 0 spiro atoms. The van der Waals surface area contributed by atoms with Crippen molar-refractivity contribution in [1.82, 2.24) is 19.7 Å². The molecule has 25 heavy (non-hydrogen) atoms. The lowest BCUT2D eigenvalue weighted by Crippen LogP contribution is -2.35. The zero-order valence-corrected chi connectivity index (χ0v) is 14.8. The van der Waals surface area contributed by atoms with Crippen LogP contribution in [0.5, 0.6) is 12.0 Å².